The van der Waals surface area contributed by atoms with Crippen molar-refractivity contribution in [3.63, 3.8) is 0 Å². The van der Waals surface area contributed by atoms with Gasteiger partial charge in [0.1, 0.15) is 23.0 Å². The zero-order valence-corrected chi connectivity index (χ0v) is 24.0. The summed E-state index contributed by atoms with van der Waals surface area (Å²) in [6.07, 6.45) is 4.16. The molecule has 6 rings (SSSR count). The van der Waals surface area contributed by atoms with Crippen molar-refractivity contribution in [1.29, 1.82) is 0 Å². The highest BCUT2D eigenvalue weighted by Gasteiger charge is 2.18. The van der Waals surface area contributed by atoms with Gasteiger partial charge in [0.05, 0.1) is 11.4 Å². The summed E-state index contributed by atoms with van der Waals surface area (Å²) in [5, 5.41) is 42.0. The molecular formula is C36H36N2O4. The van der Waals surface area contributed by atoms with Gasteiger partial charge in [-0.3, -0.25) is 0 Å². The largest absolute Gasteiger partial charge is 0.508 e. The number of unbranched alkanes of at least 4 members (excludes halogenated alkanes) is 3. The fourth-order valence-electron chi connectivity index (χ4n) is 6.36. The van der Waals surface area contributed by atoms with Gasteiger partial charge in [0, 0.05) is 34.9 Å². The molecule has 4 aromatic carbocycles. The van der Waals surface area contributed by atoms with Gasteiger partial charge >= 0.3 is 0 Å². The molecule has 6 heteroatoms. The molecule has 0 bridgehead atoms. The molecular weight excluding hydrogens is 524 g/mol. The number of aromatic hydroxyl groups is 4. The minimum absolute atomic E-state index is 0.243. The molecule has 0 aliphatic rings. The SMILES string of the molecule is Cc1c(-c2ccc(O)cc2)n(CCCCCCn2c(-c3ccc(O)cc3)c(C)c3cc(O)ccc32)c2ccc(O)cc12. The average molecular weight is 561 g/mol. The summed E-state index contributed by atoms with van der Waals surface area (Å²) in [7, 11) is 0. The molecule has 0 saturated carbocycles. The molecule has 0 saturated heterocycles. The van der Waals surface area contributed by atoms with Gasteiger partial charge in [-0.05, 0) is 134 Å². The number of hydrogen-bond donors (Lipinski definition) is 4. The van der Waals surface area contributed by atoms with Gasteiger partial charge in [-0.1, -0.05) is 12.8 Å². The Morgan fingerprint density at radius 3 is 1.19 bits per heavy atom. The second-order valence-corrected chi connectivity index (χ2v) is 11.2. The Bertz CT molecular complexity index is 1740. The molecule has 0 unspecified atom stereocenters. The standard InChI is InChI=1S/C36H36N2O4/c1-23-31-21-29(41)15-17-33(31)37(35(23)25-7-11-27(39)12-8-25)19-5-3-4-6-20-38-34-18-16-30(42)22-32(34)24(2)36(38)26-9-13-28(40)14-10-26/h7-18,21-22,39-42H,3-6,19-20H2,1-2H3. The molecule has 0 aliphatic heterocycles. The lowest BCUT2D eigenvalue weighted by atomic mass is 10.1. The maximum atomic E-state index is 10.1. The van der Waals surface area contributed by atoms with Crippen molar-refractivity contribution in [1.82, 2.24) is 9.13 Å². The van der Waals surface area contributed by atoms with Gasteiger partial charge in [-0.25, -0.2) is 0 Å². The van der Waals surface area contributed by atoms with Gasteiger partial charge in [-0.15, -0.1) is 0 Å². The van der Waals surface area contributed by atoms with E-state index in [9.17, 15) is 20.4 Å². The molecule has 2 heterocycles. The van der Waals surface area contributed by atoms with E-state index in [1.807, 2.05) is 48.5 Å². The molecule has 6 nitrogen and oxygen atoms in total. The van der Waals surface area contributed by atoms with Crippen molar-refractivity contribution in [2.45, 2.75) is 52.6 Å². The van der Waals surface area contributed by atoms with E-state index in [1.54, 1.807) is 36.4 Å². The van der Waals surface area contributed by atoms with Crippen molar-refractivity contribution in [3.8, 4) is 45.5 Å². The van der Waals surface area contributed by atoms with E-state index in [0.29, 0.717) is 0 Å². The van der Waals surface area contributed by atoms with Crippen LogP contribution in [0.25, 0.3) is 44.3 Å². The molecule has 0 atom stereocenters. The molecule has 4 N–H and O–H groups in total. The predicted molar refractivity (Wildman–Crippen MR) is 169 cm³/mol. The number of fused-ring (bicyclic) bond motifs is 2. The van der Waals surface area contributed by atoms with E-state index >= 15 is 0 Å². The molecule has 0 amide bonds. The topological polar surface area (TPSA) is 90.8 Å². The van der Waals surface area contributed by atoms with Crippen molar-refractivity contribution in [3.05, 3.63) is 96.1 Å². The van der Waals surface area contributed by atoms with Crippen LogP contribution >= 0.6 is 0 Å². The smallest absolute Gasteiger partial charge is 0.116 e. The molecule has 0 spiro atoms. The molecule has 42 heavy (non-hydrogen) atoms. The maximum Gasteiger partial charge on any atom is 0.116 e. The quantitative estimate of drug-likeness (QED) is 0.133. The predicted octanol–water partition coefficient (Wildman–Crippen LogP) is 8.63. The fraction of sp³-hybridized carbons (Fsp3) is 0.222. The Labute approximate surface area is 245 Å². The van der Waals surface area contributed by atoms with E-state index < -0.39 is 0 Å². The lowest BCUT2D eigenvalue weighted by Crippen LogP contribution is -2.03. The van der Waals surface area contributed by atoms with Gasteiger partial charge < -0.3 is 29.6 Å². The number of phenolic OH excluding ortho intramolecular Hbond substituents is 4. The fourth-order valence-corrected chi connectivity index (χ4v) is 6.36. The second-order valence-electron chi connectivity index (χ2n) is 11.2. The first kappa shape index (κ1) is 27.3. The average Bonchev–Trinajstić information content (AvgIpc) is 3.41. The molecule has 6 aromatic rings. The van der Waals surface area contributed by atoms with E-state index in [1.165, 1.54) is 0 Å². The molecule has 214 valence electrons. The number of aromatic nitrogens is 2. The van der Waals surface area contributed by atoms with Gasteiger partial charge in [-0.2, -0.15) is 0 Å². The van der Waals surface area contributed by atoms with Crippen molar-refractivity contribution >= 4 is 21.8 Å². The molecule has 0 aliphatic carbocycles. The van der Waals surface area contributed by atoms with Gasteiger partial charge in [0.25, 0.3) is 0 Å². The minimum Gasteiger partial charge on any atom is -0.508 e. The summed E-state index contributed by atoms with van der Waals surface area (Å²) in [6, 6.07) is 25.8. The number of hydrogen-bond acceptors (Lipinski definition) is 4. The maximum absolute atomic E-state index is 10.1. The summed E-state index contributed by atoms with van der Waals surface area (Å²) in [6.45, 7) is 5.90. The van der Waals surface area contributed by atoms with Crippen LogP contribution in [0.2, 0.25) is 0 Å². The molecule has 2 aromatic heterocycles. The first-order valence-electron chi connectivity index (χ1n) is 14.5. The Balaban J connectivity index is 1.19. The lowest BCUT2D eigenvalue weighted by Gasteiger charge is -2.14. The first-order valence-corrected chi connectivity index (χ1v) is 14.5. The Hall–Kier alpha value is -4.84. The number of phenols is 4. The minimum atomic E-state index is 0.243. The van der Waals surface area contributed by atoms with Crippen LogP contribution in [-0.2, 0) is 13.1 Å². The van der Waals surface area contributed by atoms with E-state index in [4.69, 9.17) is 0 Å². The summed E-state index contributed by atoms with van der Waals surface area (Å²) < 4.78 is 4.68. The third kappa shape index (κ3) is 5.05. The molecule has 0 radical (unpaired) electrons. The number of nitrogens with zero attached hydrogens (tertiary/aromatic N) is 2. The highest BCUT2D eigenvalue weighted by atomic mass is 16.3. The molecule has 0 fully saturated rings. The third-order valence-corrected chi connectivity index (χ3v) is 8.40. The van der Waals surface area contributed by atoms with Crippen molar-refractivity contribution in [2.24, 2.45) is 0 Å². The number of rotatable bonds is 9. The number of benzene rings is 4. The zero-order valence-electron chi connectivity index (χ0n) is 24.0. The van der Waals surface area contributed by atoms with Crippen molar-refractivity contribution in [2.75, 3.05) is 0 Å². The van der Waals surface area contributed by atoms with Crippen LogP contribution in [0.5, 0.6) is 23.0 Å². The van der Waals surface area contributed by atoms with Crippen LogP contribution in [0.1, 0.15) is 36.8 Å². The normalized spacial score (nSPS) is 11.6. The summed E-state index contributed by atoms with van der Waals surface area (Å²) in [5.41, 5.74) is 8.77. The Morgan fingerprint density at radius 2 is 0.810 bits per heavy atom. The van der Waals surface area contributed by atoms with Gasteiger partial charge in [0.15, 0.2) is 0 Å². The van der Waals surface area contributed by atoms with Crippen LogP contribution in [0, 0.1) is 13.8 Å². The van der Waals surface area contributed by atoms with E-state index in [0.717, 1.165) is 94.2 Å². The van der Waals surface area contributed by atoms with Crippen LogP contribution in [0.4, 0.5) is 0 Å². The second kappa shape index (κ2) is 11.2. The Kier molecular flexibility index (Phi) is 7.29. The first-order chi connectivity index (χ1) is 20.3. The van der Waals surface area contributed by atoms with Crippen LogP contribution in [0.3, 0.4) is 0 Å². The third-order valence-electron chi connectivity index (χ3n) is 8.40. The summed E-state index contributed by atoms with van der Waals surface area (Å²) >= 11 is 0. The lowest BCUT2D eigenvalue weighted by molar-refractivity contribution is 0.475. The highest BCUT2D eigenvalue weighted by Crippen LogP contribution is 2.37. The van der Waals surface area contributed by atoms with Gasteiger partial charge in [0.2, 0.25) is 0 Å². The van der Waals surface area contributed by atoms with Crippen LogP contribution in [0.15, 0.2) is 84.9 Å². The highest BCUT2D eigenvalue weighted by molar-refractivity contribution is 5.93. The monoisotopic (exact) mass is 560 g/mol. The van der Waals surface area contributed by atoms with Crippen LogP contribution < -0.4 is 0 Å². The number of aryl methyl sites for hydroxylation is 4. The van der Waals surface area contributed by atoms with Crippen molar-refractivity contribution < 1.29 is 20.4 Å². The summed E-state index contributed by atoms with van der Waals surface area (Å²) in [5.74, 6) is 1.00. The van der Waals surface area contributed by atoms with Crippen LogP contribution in [-0.4, -0.2) is 29.6 Å². The zero-order chi connectivity index (χ0) is 29.4. The summed E-state index contributed by atoms with van der Waals surface area (Å²) in [4.78, 5) is 0. The Morgan fingerprint density at radius 1 is 0.452 bits per heavy atom. The van der Waals surface area contributed by atoms with E-state index in [-0.39, 0.29) is 23.0 Å². The van der Waals surface area contributed by atoms with E-state index in [2.05, 4.69) is 23.0 Å².